The zero-order valence-corrected chi connectivity index (χ0v) is 22.0. The van der Waals surface area contributed by atoms with Crippen LogP contribution in [0.1, 0.15) is 29.4 Å². The third-order valence-electron chi connectivity index (χ3n) is 7.12. The van der Waals surface area contributed by atoms with Crippen LogP contribution in [0.15, 0.2) is 77.6 Å². The number of hydrogen-bond donors (Lipinski definition) is 2. The molecule has 1 aliphatic heterocycles. The van der Waals surface area contributed by atoms with E-state index in [-0.39, 0.29) is 23.7 Å². The third-order valence-corrected chi connectivity index (χ3v) is 7.12. The van der Waals surface area contributed by atoms with Crippen molar-refractivity contribution in [2.75, 3.05) is 25.5 Å². The number of anilines is 1. The van der Waals surface area contributed by atoms with Gasteiger partial charge in [-0.05, 0) is 43.5 Å². The molecule has 39 heavy (non-hydrogen) atoms. The lowest BCUT2D eigenvalue weighted by Crippen LogP contribution is -2.43. The van der Waals surface area contributed by atoms with E-state index >= 15 is 0 Å². The zero-order valence-electron chi connectivity index (χ0n) is 22.0. The van der Waals surface area contributed by atoms with Crippen molar-refractivity contribution in [2.24, 2.45) is 0 Å². The molecule has 1 fully saturated rings. The van der Waals surface area contributed by atoms with Crippen LogP contribution in [-0.4, -0.2) is 49.9 Å². The number of aromatic nitrogens is 5. The van der Waals surface area contributed by atoms with Crippen molar-refractivity contribution < 1.29 is 4.74 Å². The number of rotatable bonds is 6. The van der Waals surface area contributed by atoms with Gasteiger partial charge in [-0.15, -0.1) is 5.10 Å². The highest BCUT2D eigenvalue weighted by Crippen LogP contribution is 2.35. The first-order chi connectivity index (χ1) is 19.0. The van der Waals surface area contributed by atoms with E-state index in [9.17, 15) is 4.79 Å². The fourth-order valence-electron chi connectivity index (χ4n) is 5.42. The Morgan fingerprint density at radius 3 is 2.36 bits per heavy atom. The number of ether oxygens (including phenoxy) is 1. The number of nitrogens with one attached hydrogen (secondary N) is 1. The van der Waals surface area contributed by atoms with E-state index in [2.05, 4.69) is 10.3 Å². The van der Waals surface area contributed by atoms with E-state index in [0.717, 1.165) is 40.2 Å². The second kappa shape index (κ2) is 10.4. The molecule has 2 atom stereocenters. The number of nitrogen functional groups attached to an aromatic ring is 1. The zero-order chi connectivity index (χ0) is 26.9. The van der Waals surface area contributed by atoms with Crippen LogP contribution in [0.25, 0.3) is 28.0 Å². The van der Waals surface area contributed by atoms with E-state index in [1.54, 1.807) is 4.68 Å². The third kappa shape index (κ3) is 4.82. The minimum absolute atomic E-state index is 0.0842. The van der Waals surface area contributed by atoms with Gasteiger partial charge in [-0.25, -0.2) is 18.9 Å². The lowest BCUT2D eigenvalue weighted by Gasteiger charge is -2.27. The van der Waals surface area contributed by atoms with Gasteiger partial charge >= 0.3 is 5.69 Å². The van der Waals surface area contributed by atoms with E-state index in [0.29, 0.717) is 31.0 Å². The SMILES string of the molecule is Cc1cc(-c2c(-c3ccccc3)nc(N)n3c(=O)n(C(CC4COCCN4)c4ccccc4)nc23)cc(C)n1. The fraction of sp³-hybridized carbons (Fsp3) is 0.267. The summed E-state index contributed by atoms with van der Waals surface area (Å²) in [5.41, 5.74) is 12.5. The summed E-state index contributed by atoms with van der Waals surface area (Å²) in [7, 11) is 0. The molecule has 1 saturated heterocycles. The number of morpholine rings is 1. The Bertz CT molecular complexity index is 1650. The van der Waals surface area contributed by atoms with Crippen molar-refractivity contribution in [3.63, 3.8) is 0 Å². The smallest absolute Gasteiger partial charge is 0.353 e. The highest BCUT2D eigenvalue weighted by atomic mass is 16.5. The van der Waals surface area contributed by atoms with Crippen LogP contribution in [0.5, 0.6) is 0 Å². The quantitative estimate of drug-likeness (QED) is 0.350. The van der Waals surface area contributed by atoms with Crippen molar-refractivity contribution in [3.8, 4) is 22.4 Å². The van der Waals surface area contributed by atoms with Crippen molar-refractivity contribution >= 4 is 11.6 Å². The van der Waals surface area contributed by atoms with Crippen molar-refractivity contribution in [3.05, 3.63) is 100 Å². The summed E-state index contributed by atoms with van der Waals surface area (Å²) in [4.78, 5) is 23.4. The van der Waals surface area contributed by atoms with Gasteiger partial charge in [0.15, 0.2) is 5.65 Å². The number of pyridine rings is 1. The molecule has 0 saturated carbocycles. The van der Waals surface area contributed by atoms with Crippen LogP contribution in [0.3, 0.4) is 0 Å². The molecule has 5 aromatic rings. The summed E-state index contributed by atoms with van der Waals surface area (Å²) in [6.07, 6.45) is 0.634. The van der Waals surface area contributed by atoms with Gasteiger partial charge in [0.05, 0.1) is 30.5 Å². The minimum Gasteiger partial charge on any atom is -0.379 e. The molecule has 3 N–H and O–H groups in total. The van der Waals surface area contributed by atoms with Crippen LogP contribution in [-0.2, 0) is 4.74 Å². The monoisotopic (exact) mass is 521 g/mol. The second-order valence-electron chi connectivity index (χ2n) is 9.97. The Balaban J connectivity index is 1.62. The molecule has 9 nitrogen and oxygen atoms in total. The van der Waals surface area contributed by atoms with E-state index in [1.165, 1.54) is 4.40 Å². The number of hydrogen-bond acceptors (Lipinski definition) is 7. The Morgan fingerprint density at radius 1 is 1.00 bits per heavy atom. The molecule has 9 heteroatoms. The van der Waals surface area contributed by atoms with Gasteiger partial charge in [0, 0.05) is 29.5 Å². The van der Waals surface area contributed by atoms with Crippen LogP contribution < -0.4 is 16.7 Å². The number of nitrogens with zero attached hydrogens (tertiary/aromatic N) is 5. The average Bonchev–Trinajstić information content (AvgIpc) is 3.29. The number of nitrogens with two attached hydrogens (primary N) is 1. The second-order valence-corrected chi connectivity index (χ2v) is 9.97. The molecule has 3 aromatic heterocycles. The van der Waals surface area contributed by atoms with Crippen LogP contribution in [0.4, 0.5) is 5.95 Å². The molecule has 0 spiro atoms. The summed E-state index contributed by atoms with van der Waals surface area (Å²) >= 11 is 0. The normalized spacial score (nSPS) is 16.4. The number of aryl methyl sites for hydroxylation is 2. The molecular formula is C30H31N7O2. The van der Waals surface area contributed by atoms with Gasteiger partial charge in [-0.3, -0.25) is 4.98 Å². The lowest BCUT2D eigenvalue weighted by atomic mass is 9.99. The average molecular weight is 522 g/mol. The molecule has 0 amide bonds. The van der Waals surface area contributed by atoms with Crippen molar-refractivity contribution in [1.29, 1.82) is 0 Å². The van der Waals surface area contributed by atoms with Gasteiger partial charge < -0.3 is 15.8 Å². The van der Waals surface area contributed by atoms with Gasteiger partial charge in [0.25, 0.3) is 0 Å². The van der Waals surface area contributed by atoms with Crippen LogP contribution >= 0.6 is 0 Å². The minimum atomic E-state index is -0.330. The summed E-state index contributed by atoms with van der Waals surface area (Å²) in [6, 6.07) is 23.6. The predicted octanol–water partition coefficient (Wildman–Crippen LogP) is 3.79. The molecule has 1 aliphatic rings. The fourth-order valence-corrected chi connectivity index (χ4v) is 5.42. The maximum absolute atomic E-state index is 14.1. The van der Waals surface area contributed by atoms with Gasteiger partial charge in [-0.1, -0.05) is 60.7 Å². The maximum atomic E-state index is 14.1. The first-order valence-electron chi connectivity index (χ1n) is 13.2. The number of fused-ring (bicyclic) bond motifs is 1. The Kier molecular flexibility index (Phi) is 6.68. The Morgan fingerprint density at radius 2 is 1.69 bits per heavy atom. The van der Waals surface area contributed by atoms with Crippen molar-refractivity contribution in [1.82, 2.24) is 29.5 Å². The number of benzene rings is 2. The predicted molar refractivity (Wildman–Crippen MR) is 152 cm³/mol. The van der Waals surface area contributed by atoms with Crippen molar-refractivity contribution in [2.45, 2.75) is 32.4 Å². The molecule has 198 valence electrons. The molecule has 6 rings (SSSR count). The van der Waals surface area contributed by atoms with Gasteiger partial charge in [0.1, 0.15) is 0 Å². The summed E-state index contributed by atoms with van der Waals surface area (Å²) in [5.74, 6) is 0.0947. The Labute approximate surface area is 226 Å². The van der Waals surface area contributed by atoms with E-state index in [1.807, 2.05) is 86.6 Å². The van der Waals surface area contributed by atoms with Crippen LogP contribution in [0, 0.1) is 13.8 Å². The standard InChI is InChI=1S/C30H31N7O2/c1-19-15-23(16-20(2)33-19)26-27(22-11-7-4-8-12-22)34-29(31)36-28(26)35-37(30(36)38)25(21-9-5-3-6-10-21)17-24-18-39-14-13-32-24/h3-12,15-16,24-25,32H,13-14,17-18H2,1-2H3,(H2,31,34). The van der Waals surface area contributed by atoms with E-state index in [4.69, 9.17) is 20.6 Å². The van der Waals surface area contributed by atoms with Crippen LogP contribution in [0.2, 0.25) is 0 Å². The van der Waals surface area contributed by atoms with E-state index < -0.39 is 0 Å². The highest BCUT2D eigenvalue weighted by molar-refractivity contribution is 5.90. The molecule has 0 bridgehead atoms. The molecule has 4 heterocycles. The molecule has 2 unspecified atom stereocenters. The Hall–Kier alpha value is -4.34. The maximum Gasteiger partial charge on any atom is 0.353 e. The summed E-state index contributed by atoms with van der Waals surface area (Å²) in [5, 5.41) is 8.51. The molecule has 0 radical (unpaired) electrons. The van der Waals surface area contributed by atoms with Gasteiger partial charge in [0.2, 0.25) is 5.95 Å². The summed E-state index contributed by atoms with van der Waals surface area (Å²) in [6.45, 7) is 5.94. The first-order valence-corrected chi connectivity index (χ1v) is 13.2. The highest BCUT2D eigenvalue weighted by Gasteiger charge is 2.28. The molecule has 0 aliphatic carbocycles. The lowest BCUT2D eigenvalue weighted by molar-refractivity contribution is 0.0701. The topological polar surface area (TPSA) is 112 Å². The molecular weight excluding hydrogens is 490 g/mol. The summed E-state index contributed by atoms with van der Waals surface area (Å²) < 4.78 is 8.69. The largest absolute Gasteiger partial charge is 0.379 e. The molecule has 2 aromatic carbocycles. The first kappa shape index (κ1) is 25.0. The van der Waals surface area contributed by atoms with Gasteiger partial charge in [-0.2, -0.15) is 0 Å².